The van der Waals surface area contributed by atoms with Crippen LogP contribution in [0.25, 0.3) is 16.7 Å². The molecule has 366 valence electrons. The fourth-order valence-electron chi connectivity index (χ4n) is 7.81. The van der Waals surface area contributed by atoms with Crippen LogP contribution in [0, 0.1) is 5.41 Å². The van der Waals surface area contributed by atoms with Gasteiger partial charge in [0.1, 0.15) is 46.3 Å². The Labute approximate surface area is 589 Å². The number of fused-ring (bicyclic) bond motifs is 2. The Morgan fingerprint density at radius 1 is 0.667 bits per heavy atom. The number of carboxylic acid groups (broad SMARTS) is 1. The Morgan fingerprint density at radius 3 is 1.67 bits per heavy atom. The maximum absolute atomic E-state index is 12.1. The summed E-state index contributed by atoms with van der Waals surface area (Å²) in [5, 5.41) is 9.11. The smallest absolute Gasteiger partial charge is 0.748 e. The number of aliphatic imine (C=N–C) groups is 2. The number of hydrogen-bond acceptors (Lipinski definition) is 19. The topological polar surface area (TPSA) is 355 Å². The summed E-state index contributed by atoms with van der Waals surface area (Å²) in [5.74, 6) is -0.999. The van der Waals surface area contributed by atoms with E-state index in [1.807, 2.05) is 13.8 Å². The van der Waals surface area contributed by atoms with Gasteiger partial charge in [-0.15, -0.1) is 0 Å². The van der Waals surface area contributed by atoms with Gasteiger partial charge in [-0.05, 0) is 115 Å². The van der Waals surface area contributed by atoms with Crippen LogP contribution in [-0.4, -0.2) is 105 Å². The second kappa shape index (κ2) is 26.7. The van der Waals surface area contributed by atoms with Crippen LogP contribution in [0.1, 0.15) is 70.9 Å². The predicted molar refractivity (Wildman–Crippen MR) is 237 cm³/mol. The second-order valence-corrected chi connectivity index (χ2v) is 24.2. The fourth-order valence-corrected chi connectivity index (χ4v) is 10.6. The fraction of sp³-hybridized carbons (Fsp3) is 0.333. The molecule has 0 saturated carbocycles. The van der Waals surface area contributed by atoms with Gasteiger partial charge in [0.25, 0.3) is 0 Å². The molecular weight excluding hydrogens is 1150 g/mol. The van der Waals surface area contributed by atoms with Crippen LogP contribution in [0.4, 0.5) is 5.82 Å². The molecule has 72 heavy (non-hydrogen) atoms. The number of carboxylic acids is 1. The van der Waals surface area contributed by atoms with Crippen molar-refractivity contribution in [3.8, 4) is 11.1 Å². The number of aliphatic carboxylic acids is 1. The first-order valence-corrected chi connectivity index (χ1v) is 27.5. The molecule has 0 amide bonds. The van der Waals surface area contributed by atoms with Crippen molar-refractivity contribution in [1.82, 2.24) is 4.90 Å². The third-order valence-electron chi connectivity index (χ3n) is 11.5. The Bertz CT molecular complexity index is 3330. The van der Waals surface area contributed by atoms with E-state index in [-0.39, 0.29) is 260 Å². The minimum atomic E-state index is -5.27. The molecule has 6 rings (SSSR count). The van der Waals surface area contributed by atoms with E-state index in [0.29, 0.717) is 59.8 Å². The number of pyridine rings is 1. The van der Waals surface area contributed by atoms with Crippen molar-refractivity contribution >= 4 is 79.5 Å². The molecule has 21 nitrogen and oxygen atoms in total. The average Bonchev–Trinajstić information content (AvgIpc) is 3.62. The van der Waals surface area contributed by atoms with Crippen molar-refractivity contribution in [3.63, 3.8) is 0 Å². The van der Waals surface area contributed by atoms with Gasteiger partial charge in [-0.1, -0.05) is 26.3 Å². The van der Waals surface area contributed by atoms with Crippen molar-refractivity contribution in [2.75, 3.05) is 12.3 Å². The monoisotopic (exact) mass is 1190 g/mol. The number of amidine groups is 1. The summed E-state index contributed by atoms with van der Waals surface area (Å²) >= 11 is 0. The molecule has 0 saturated heterocycles. The molecule has 0 bridgehead atoms. The van der Waals surface area contributed by atoms with E-state index in [1.165, 1.54) is 10.8 Å². The van der Waals surface area contributed by atoms with Gasteiger partial charge in [0, 0.05) is 41.5 Å². The van der Waals surface area contributed by atoms with Crippen molar-refractivity contribution in [2.24, 2.45) is 15.4 Å². The van der Waals surface area contributed by atoms with Gasteiger partial charge in [0.2, 0.25) is 0 Å². The predicted octanol–water partition coefficient (Wildman–Crippen LogP) is -8.62. The van der Waals surface area contributed by atoms with Crippen LogP contribution in [0.3, 0.4) is 0 Å². The van der Waals surface area contributed by atoms with Gasteiger partial charge < -0.3 is 32.8 Å². The summed E-state index contributed by atoms with van der Waals surface area (Å²) in [4.78, 5) is 18.7. The molecular formula is C42H42K4N4O17S5. The number of aromatic nitrogens is 1. The first-order valence-electron chi connectivity index (χ1n) is 20.3. The zero-order valence-corrected chi connectivity index (χ0v) is 57.0. The van der Waals surface area contributed by atoms with Gasteiger partial charge in [0.15, 0.2) is 5.71 Å². The van der Waals surface area contributed by atoms with E-state index in [1.54, 1.807) is 55.3 Å². The molecule has 0 spiro atoms. The normalized spacial score (nSPS) is 16.7. The third-order valence-corrected chi connectivity index (χ3v) is 15.5. The largest absolute Gasteiger partial charge is 1.00 e. The van der Waals surface area contributed by atoms with Crippen LogP contribution in [0.2, 0.25) is 0 Å². The molecule has 1 N–H and O–H groups in total. The van der Waals surface area contributed by atoms with Gasteiger partial charge in [0.05, 0.1) is 59.1 Å². The minimum absolute atomic E-state index is 0. The standard InChI is InChI=1S/C42H46N4O17S5.4K/c1-41(2)34-20-28(26-16-30(65(52,53)54)22-31(17-26)66(55,56)57)24-45(13-7-5-6-12-38(47)48)39(34)43-36(41)10-8-11-37-42(3,4)35-21-29(25-46(40(35)44-37)14-9-15-64(49,50)51)27-18-32(67(58,59)60)23-33(19-27)68(61,62)63;;;;/h8,10-11,16-25H,5-7,9,12-15H2,1-4H3,(H5-,47,48,49,50,51,52,53,54,55,56,57,58,59,60,61,62,63);;;;/q;4*+1/p-4. The Morgan fingerprint density at radius 2 is 1.18 bits per heavy atom. The van der Waals surface area contributed by atoms with Crippen molar-refractivity contribution < 1.29 is 285 Å². The molecule has 3 aliphatic heterocycles. The number of unbranched alkanes of at least 4 members (excludes halogenated alkanes) is 2. The Kier molecular flexibility index (Phi) is 25.7. The summed E-state index contributed by atoms with van der Waals surface area (Å²) in [7, 11) is -25.7. The number of allylic oxidation sites excluding steroid dienone is 6. The maximum Gasteiger partial charge on any atom is 1.00 e. The minimum Gasteiger partial charge on any atom is -0.748 e. The van der Waals surface area contributed by atoms with Crippen molar-refractivity contribution in [1.29, 1.82) is 0 Å². The van der Waals surface area contributed by atoms with Gasteiger partial charge >= 0.3 is 217 Å². The van der Waals surface area contributed by atoms with E-state index >= 15 is 0 Å². The SMILES string of the molecule is CC1(C)C2=CC(c3cc(S(=O)(=O)[O-])cc(S(=O)(=O)[O-])c3)=CN(CCCCCC(=O)O)C2=N/C1=C\C=C\C1=Nc2c(cc(-c3cc(S(=O)(=O)[O-])cc(S(=O)(=O)[O-])c3)c[n+]2CCCS(=O)(=O)[O-])C1(C)C.[K+].[K+].[K+].[K+]. The van der Waals surface area contributed by atoms with Crippen molar-refractivity contribution in [2.45, 2.75) is 91.3 Å². The molecule has 0 fully saturated rings. The molecule has 3 aliphatic rings. The summed E-state index contributed by atoms with van der Waals surface area (Å²) in [6, 6.07) is 6.17. The Balaban J connectivity index is 0.00000444. The van der Waals surface area contributed by atoms with Crippen LogP contribution >= 0.6 is 0 Å². The second-order valence-electron chi connectivity index (χ2n) is 17.1. The number of carbonyl (C=O) groups is 1. The number of aryl methyl sites for hydroxylation is 1. The van der Waals surface area contributed by atoms with Gasteiger partial charge in [-0.25, -0.2) is 51.6 Å². The molecule has 0 aliphatic carbocycles. The number of rotatable bonds is 18. The van der Waals surface area contributed by atoms with Crippen LogP contribution in [-0.2, 0) is 67.3 Å². The van der Waals surface area contributed by atoms with Crippen LogP contribution < -0.4 is 210 Å². The molecule has 0 radical (unpaired) electrons. The summed E-state index contributed by atoms with van der Waals surface area (Å²) in [5.41, 5.74) is 0.165. The Hall–Kier alpha value is 1.26. The van der Waals surface area contributed by atoms with E-state index in [2.05, 4.69) is 0 Å². The molecule has 3 aromatic rings. The average molecular weight is 1190 g/mol. The van der Waals surface area contributed by atoms with Crippen molar-refractivity contribution in [3.05, 3.63) is 102 Å². The van der Waals surface area contributed by atoms with Crippen LogP contribution in [0.5, 0.6) is 0 Å². The summed E-state index contributed by atoms with van der Waals surface area (Å²) < 4.78 is 181. The number of hydrogen-bond donors (Lipinski definition) is 1. The molecule has 0 unspecified atom stereocenters. The molecule has 0 atom stereocenters. The molecule has 1 aromatic heterocycles. The third kappa shape index (κ3) is 17.4. The quantitative estimate of drug-likeness (QED) is 0.0535. The zero-order chi connectivity index (χ0) is 50.6. The van der Waals surface area contributed by atoms with E-state index < -0.39 is 92.7 Å². The van der Waals surface area contributed by atoms with Gasteiger partial charge in [-0.3, -0.25) is 4.79 Å². The first kappa shape index (κ1) is 69.4. The number of benzene rings is 2. The van der Waals surface area contributed by atoms with E-state index in [9.17, 15) is 69.6 Å². The van der Waals surface area contributed by atoms with E-state index in [0.717, 1.165) is 24.3 Å². The zero-order valence-electron chi connectivity index (χ0n) is 40.5. The maximum atomic E-state index is 12.1. The number of nitrogens with zero attached hydrogens (tertiary/aromatic N) is 4. The van der Waals surface area contributed by atoms with Gasteiger partial charge in [-0.2, -0.15) is 0 Å². The summed E-state index contributed by atoms with van der Waals surface area (Å²) in [6.07, 6.45) is 10.6. The van der Waals surface area contributed by atoms with Crippen LogP contribution in [0.15, 0.2) is 120 Å². The molecule has 2 aromatic carbocycles. The molecule has 4 heterocycles. The first-order chi connectivity index (χ1) is 31.2. The van der Waals surface area contributed by atoms with E-state index in [4.69, 9.17) is 15.1 Å². The summed E-state index contributed by atoms with van der Waals surface area (Å²) in [6.45, 7) is 7.34. The molecule has 30 heteroatoms.